The highest BCUT2D eigenvalue weighted by Crippen LogP contribution is 2.41. The van der Waals surface area contributed by atoms with E-state index >= 15 is 0 Å². The molecule has 0 aliphatic heterocycles. The number of carboxylic acids is 1. The predicted molar refractivity (Wildman–Crippen MR) is 94.3 cm³/mol. The lowest BCUT2D eigenvalue weighted by Gasteiger charge is -2.15. The van der Waals surface area contributed by atoms with E-state index in [1.54, 1.807) is 30.3 Å². The molecule has 1 N–H and O–H groups in total. The number of hydrogen-bond donors (Lipinski definition) is 1. The van der Waals surface area contributed by atoms with Crippen LogP contribution < -0.4 is 18.9 Å². The van der Waals surface area contributed by atoms with Gasteiger partial charge in [0.1, 0.15) is 11.3 Å². The minimum absolute atomic E-state index is 0.111. The summed E-state index contributed by atoms with van der Waals surface area (Å²) in [5.41, 5.74) is 1.57. The van der Waals surface area contributed by atoms with E-state index in [4.69, 9.17) is 18.9 Å². The lowest BCUT2D eigenvalue weighted by atomic mass is 10.0. The number of carboxylic acid groups (broad SMARTS) is 1. The Morgan fingerprint density at radius 3 is 2.04 bits per heavy atom. The second kappa shape index (κ2) is 8.28. The van der Waals surface area contributed by atoms with Crippen LogP contribution in [-0.4, -0.2) is 39.0 Å². The van der Waals surface area contributed by atoms with Crippen LogP contribution in [0, 0.1) is 0 Å². The molecule has 0 heterocycles. The summed E-state index contributed by atoms with van der Waals surface area (Å²) in [7, 11) is 4.60. The molecule has 134 valence electrons. The quantitative estimate of drug-likeness (QED) is 0.782. The van der Waals surface area contributed by atoms with E-state index in [9.17, 15) is 9.90 Å². The van der Waals surface area contributed by atoms with Crippen LogP contribution in [0.15, 0.2) is 30.3 Å². The highest BCUT2D eigenvalue weighted by atomic mass is 16.5. The van der Waals surface area contributed by atoms with E-state index in [0.29, 0.717) is 35.2 Å². The Balaban J connectivity index is 2.54. The number of ether oxygens (including phenoxy) is 4. The first kappa shape index (κ1) is 18.4. The van der Waals surface area contributed by atoms with Gasteiger partial charge in [0, 0.05) is 0 Å². The molecule has 0 bridgehead atoms. The Kier molecular flexibility index (Phi) is 6.11. The molecule has 0 fully saturated rings. The highest BCUT2D eigenvalue weighted by molar-refractivity contribution is 5.93. The maximum Gasteiger partial charge on any atom is 0.339 e. The minimum atomic E-state index is -1.04. The smallest absolute Gasteiger partial charge is 0.339 e. The summed E-state index contributed by atoms with van der Waals surface area (Å²) in [6, 6.07) is 8.59. The standard InChI is InChI=1S/C19H22O6/c1-5-8-25-15-7-6-12(9-14(15)19(20)21)13-10-16(22-2)18(24-4)17(11-13)23-3/h6-7,9-11H,5,8H2,1-4H3,(H,20,21). The maximum absolute atomic E-state index is 11.6. The van der Waals surface area contributed by atoms with Gasteiger partial charge in [-0.05, 0) is 41.8 Å². The van der Waals surface area contributed by atoms with Gasteiger partial charge in [-0.25, -0.2) is 4.79 Å². The van der Waals surface area contributed by atoms with Crippen molar-refractivity contribution < 1.29 is 28.8 Å². The summed E-state index contributed by atoms with van der Waals surface area (Å²) in [6.45, 7) is 2.43. The number of carbonyl (C=O) groups is 1. The second-order valence-electron chi connectivity index (χ2n) is 5.28. The zero-order valence-corrected chi connectivity index (χ0v) is 14.8. The minimum Gasteiger partial charge on any atom is -0.493 e. The average molecular weight is 346 g/mol. The van der Waals surface area contributed by atoms with Crippen molar-refractivity contribution in [3.05, 3.63) is 35.9 Å². The predicted octanol–water partition coefficient (Wildman–Crippen LogP) is 3.87. The Morgan fingerprint density at radius 1 is 0.920 bits per heavy atom. The molecule has 0 spiro atoms. The molecule has 0 aliphatic rings. The largest absolute Gasteiger partial charge is 0.493 e. The Hall–Kier alpha value is -2.89. The first-order valence-electron chi connectivity index (χ1n) is 7.86. The van der Waals surface area contributed by atoms with Gasteiger partial charge in [0.25, 0.3) is 0 Å². The molecule has 0 saturated heterocycles. The molecule has 2 aromatic carbocycles. The van der Waals surface area contributed by atoms with Crippen LogP contribution in [0.4, 0.5) is 0 Å². The third kappa shape index (κ3) is 3.96. The highest BCUT2D eigenvalue weighted by Gasteiger charge is 2.17. The number of aromatic carboxylic acids is 1. The van der Waals surface area contributed by atoms with E-state index in [2.05, 4.69) is 0 Å². The van der Waals surface area contributed by atoms with Crippen LogP contribution >= 0.6 is 0 Å². The summed E-state index contributed by atoms with van der Waals surface area (Å²) in [4.78, 5) is 11.6. The molecule has 2 rings (SSSR count). The van der Waals surface area contributed by atoms with Crippen LogP contribution in [0.25, 0.3) is 11.1 Å². The number of benzene rings is 2. The van der Waals surface area contributed by atoms with E-state index in [1.165, 1.54) is 21.3 Å². The number of rotatable bonds is 8. The number of hydrogen-bond acceptors (Lipinski definition) is 5. The first-order valence-corrected chi connectivity index (χ1v) is 7.86. The summed E-state index contributed by atoms with van der Waals surface area (Å²) < 4.78 is 21.5. The molecule has 6 heteroatoms. The topological polar surface area (TPSA) is 74.2 Å². The summed E-state index contributed by atoms with van der Waals surface area (Å²) in [5, 5.41) is 9.47. The van der Waals surface area contributed by atoms with Gasteiger partial charge >= 0.3 is 5.97 Å². The molecule has 0 radical (unpaired) electrons. The van der Waals surface area contributed by atoms with Gasteiger partial charge in [-0.3, -0.25) is 0 Å². The molecule has 25 heavy (non-hydrogen) atoms. The SMILES string of the molecule is CCCOc1ccc(-c2cc(OC)c(OC)c(OC)c2)cc1C(=O)O. The lowest BCUT2D eigenvalue weighted by Crippen LogP contribution is -2.04. The van der Waals surface area contributed by atoms with Gasteiger partial charge in [0.2, 0.25) is 5.75 Å². The van der Waals surface area contributed by atoms with Crippen LogP contribution in [0.3, 0.4) is 0 Å². The van der Waals surface area contributed by atoms with Crippen molar-refractivity contribution in [1.82, 2.24) is 0 Å². The maximum atomic E-state index is 11.6. The van der Waals surface area contributed by atoms with Crippen molar-refractivity contribution in [3.63, 3.8) is 0 Å². The molecule has 0 amide bonds. The molecule has 0 unspecified atom stereocenters. The van der Waals surface area contributed by atoms with Gasteiger partial charge < -0.3 is 24.1 Å². The fourth-order valence-corrected chi connectivity index (χ4v) is 2.46. The Morgan fingerprint density at radius 2 is 1.56 bits per heavy atom. The fourth-order valence-electron chi connectivity index (χ4n) is 2.46. The van der Waals surface area contributed by atoms with Gasteiger partial charge in [-0.2, -0.15) is 0 Å². The molecule has 2 aromatic rings. The Labute approximate surface area is 146 Å². The van der Waals surface area contributed by atoms with Gasteiger partial charge in [-0.15, -0.1) is 0 Å². The van der Waals surface area contributed by atoms with E-state index in [0.717, 1.165) is 12.0 Å². The number of methoxy groups -OCH3 is 3. The third-order valence-electron chi connectivity index (χ3n) is 3.67. The normalized spacial score (nSPS) is 10.2. The monoisotopic (exact) mass is 346 g/mol. The zero-order valence-electron chi connectivity index (χ0n) is 14.8. The average Bonchev–Trinajstić information content (AvgIpc) is 2.64. The van der Waals surface area contributed by atoms with Crippen LogP contribution in [-0.2, 0) is 0 Å². The van der Waals surface area contributed by atoms with E-state index < -0.39 is 5.97 Å². The second-order valence-corrected chi connectivity index (χ2v) is 5.28. The van der Waals surface area contributed by atoms with Crippen molar-refractivity contribution in [1.29, 1.82) is 0 Å². The van der Waals surface area contributed by atoms with E-state index in [1.807, 2.05) is 6.92 Å². The summed E-state index contributed by atoms with van der Waals surface area (Å²) in [6.07, 6.45) is 0.799. The van der Waals surface area contributed by atoms with Crippen molar-refractivity contribution in [2.45, 2.75) is 13.3 Å². The van der Waals surface area contributed by atoms with Gasteiger partial charge in [0.15, 0.2) is 11.5 Å². The van der Waals surface area contributed by atoms with Crippen molar-refractivity contribution in [3.8, 4) is 34.1 Å². The summed E-state index contributed by atoms with van der Waals surface area (Å²) in [5.74, 6) is 0.793. The molecular weight excluding hydrogens is 324 g/mol. The molecule has 6 nitrogen and oxygen atoms in total. The van der Waals surface area contributed by atoms with E-state index in [-0.39, 0.29) is 5.56 Å². The van der Waals surface area contributed by atoms with Crippen molar-refractivity contribution >= 4 is 5.97 Å². The fraction of sp³-hybridized carbons (Fsp3) is 0.316. The molecule has 0 atom stereocenters. The first-order chi connectivity index (χ1) is 12.0. The van der Waals surface area contributed by atoms with Crippen LogP contribution in [0.2, 0.25) is 0 Å². The van der Waals surface area contributed by atoms with Crippen molar-refractivity contribution in [2.75, 3.05) is 27.9 Å². The molecular formula is C19H22O6. The molecule has 0 aromatic heterocycles. The molecule has 0 aliphatic carbocycles. The Bertz CT molecular complexity index is 729. The molecule has 0 saturated carbocycles. The van der Waals surface area contributed by atoms with Gasteiger partial charge in [-0.1, -0.05) is 13.0 Å². The van der Waals surface area contributed by atoms with Gasteiger partial charge in [0.05, 0.1) is 27.9 Å². The lowest BCUT2D eigenvalue weighted by molar-refractivity contribution is 0.0692. The third-order valence-corrected chi connectivity index (χ3v) is 3.67. The van der Waals surface area contributed by atoms with Crippen LogP contribution in [0.1, 0.15) is 23.7 Å². The summed E-state index contributed by atoms with van der Waals surface area (Å²) >= 11 is 0. The van der Waals surface area contributed by atoms with Crippen LogP contribution in [0.5, 0.6) is 23.0 Å². The van der Waals surface area contributed by atoms with Crippen molar-refractivity contribution in [2.24, 2.45) is 0 Å². The zero-order chi connectivity index (χ0) is 18.4.